The molecule has 0 aliphatic carbocycles. The van der Waals surface area contributed by atoms with Crippen LogP contribution in [-0.4, -0.2) is 68.4 Å². The smallest absolute Gasteiger partial charge is 0.299 e. The van der Waals surface area contributed by atoms with E-state index in [0.717, 1.165) is 24.1 Å². The van der Waals surface area contributed by atoms with E-state index in [0.29, 0.717) is 37.4 Å². The second-order valence-corrected chi connectivity index (χ2v) is 7.33. The van der Waals surface area contributed by atoms with Crippen LogP contribution >= 0.6 is 0 Å². The fourth-order valence-corrected chi connectivity index (χ4v) is 3.29. The summed E-state index contributed by atoms with van der Waals surface area (Å²) in [5.74, 6) is 0.625. The van der Waals surface area contributed by atoms with E-state index in [1.165, 1.54) is 0 Å². The van der Waals surface area contributed by atoms with Gasteiger partial charge in [-0.25, -0.2) is 0 Å². The van der Waals surface area contributed by atoms with E-state index in [1.54, 1.807) is 11.0 Å². The van der Waals surface area contributed by atoms with E-state index in [2.05, 4.69) is 4.99 Å². The Labute approximate surface area is 176 Å². The van der Waals surface area contributed by atoms with Gasteiger partial charge in [-0.3, -0.25) is 14.6 Å². The molecule has 2 aromatic carbocycles. The third-order valence-corrected chi connectivity index (χ3v) is 4.86. The number of hydrogen-bond acceptors (Lipinski definition) is 6. The van der Waals surface area contributed by atoms with Crippen LogP contribution in [0, 0.1) is 0 Å². The molecule has 0 N–H and O–H groups in total. The molecule has 0 fully saturated rings. The normalized spacial score (nSPS) is 12.7. The van der Waals surface area contributed by atoms with Crippen LogP contribution in [0.1, 0.15) is 16.7 Å². The van der Waals surface area contributed by atoms with Gasteiger partial charge in [0.2, 0.25) is 5.90 Å². The molecular weight excluding hydrogens is 382 g/mol. The van der Waals surface area contributed by atoms with Gasteiger partial charge in [0.1, 0.15) is 5.75 Å². The number of aliphatic imine (C=N–C) groups is 1. The molecule has 158 valence electrons. The lowest BCUT2D eigenvalue weighted by molar-refractivity contribution is -0.134. The minimum Gasteiger partial charge on any atom is -0.483 e. The van der Waals surface area contributed by atoms with Crippen molar-refractivity contribution in [1.82, 2.24) is 9.80 Å². The van der Waals surface area contributed by atoms with E-state index < -0.39 is 0 Å². The number of benzene rings is 2. The lowest BCUT2D eigenvalue weighted by Gasteiger charge is -2.25. The van der Waals surface area contributed by atoms with Crippen molar-refractivity contribution in [2.24, 2.45) is 4.99 Å². The summed E-state index contributed by atoms with van der Waals surface area (Å²) in [6.07, 6.45) is 0.731. The highest BCUT2D eigenvalue weighted by Crippen LogP contribution is 2.27. The van der Waals surface area contributed by atoms with Crippen LogP contribution in [0.5, 0.6) is 5.75 Å². The third-order valence-electron chi connectivity index (χ3n) is 4.86. The number of fused-ring (bicyclic) bond motifs is 1. The Bertz CT molecular complexity index is 897. The fraction of sp³-hybridized carbons (Fsp3) is 0.348. The molecule has 3 rings (SSSR count). The SMILES string of the molecule is CN(C)CCN(Cc1ccccc1)C(=O)COc1cccc2c1C(OC=O)=NCC2. The molecule has 7 nitrogen and oxygen atoms in total. The lowest BCUT2D eigenvalue weighted by Crippen LogP contribution is -2.39. The Balaban J connectivity index is 1.72. The summed E-state index contributed by atoms with van der Waals surface area (Å²) in [6.45, 7) is 2.67. The zero-order chi connectivity index (χ0) is 21.3. The predicted octanol–water partition coefficient (Wildman–Crippen LogP) is 2.13. The van der Waals surface area contributed by atoms with Crippen LogP contribution in [0.3, 0.4) is 0 Å². The van der Waals surface area contributed by atoms with Crippen molar-refractivity contribution in [3.05, 3.63) is 65.2 Å². The maximum Gasteiger partial charge on any atom is 0.299 e. The Kier molecular flexibility index (Phi) is 7.57. The first-order valence-electron chi connectivity index (χ1n) is 9.94. The highest BCUT2D eigenvalue weighted by molar-refractivity contribution is 6.01. The number of carbonyl (C=O) groups is 2. The zero-order valence-corrected chi connectivity index (χ0v) is 17.4. The molecule has 7 heteroatoms. The van der Waals surface area contributed by atoms with E-state index in [1.807, 2.05) is 61.5 Å². The molecule has 0 radical (unpaired) electrons. The standard InChI is InChI=1S/C23H27N3O4/c1-25(2)13-14-26(15-18-7-4-3-5-8-18)21(28)16-29-20-10-6-9-19-11-12-24-23(22(19)20)30-17-27/h3-10,17H,11-16H2,1-2H3. The van der Waals surface area contributed by atoms with Crippen molar-refractivity contribution < 1.29 is 19.1 Å². The predicted molar refractivity (Wildman–Crippen MR) is 115 cm³/mol. The number of carbonyl (C=O) groups excluding carboxylic acids is 2. The van der Waals surface area contributed by atoms with E-state index in [-0.39, 0.29) is 18.4 Å². The maximum absolute atomic E-state index is 13.0. The van der Waals surface area contributed by atoms with Gasteiger partial charge in [-0.15, -0.1) is 0 Å². The molecule has 30 heavy (non-hydrogen) atoms. The van der Waals surface area contributed by atoms with Crippen molar-refractivity contribution >= 4 is 18.3 Å². The van der Waals surface area contributed by atoms with E-state index in [4.69, 9.17) is 9.47 Å². The van der Waals surface area contributed by atoms with Crippen LogP contribution in [0.15, 0.2) is 53.5 Å². The van der Waals surface area contributed by atoms with Gasteiger partial charge < -0.3 is 19.3 Å². The first kappa shape index (κ1) is 21.5. The molecule has 0 bridgehead atoms. The Morgan fingerprint density at radius 2 is 1.90 bits per heavy atom. The van der Waals surface area contributed by atoms with Gasteiger partial charge in [-0.2, -0.15) is 0 Å². The van der Waals surface area contributed by atoms with Gasteiger partial charge >= 0.3 is 0 Å². The summed E-state index contributed by atoms with van der Waals surface area (Å²) in [6, 6.07) is 15.5. The molecule has 0 atom stereocenters. The Morgan fingerprint density at radius 3 is 2.63 bits per heavy atom. The fourth-order valence-electron chi connectivity index (χ4n) is 3.29. The molecular formula is C23H27N3O4. The lowest BCUT2D eigenvalue weighted by atomic mass is 10.0. The topological polar surface area (TPSA) is 71.4 Å². The average molecular weight is 409 g/mol. The second-order valence-electron chi connectivity index (χ2n) is 7.33. The summed E-state index contributed by atoms with van der Waals surface area (Å²) in [4.78, 5) is 31.9. The summed E-state index contributed by atoms with van der Waals surface area (Å²) in [5.41, 5.74) is 2.70. The van der Waals surface area contributed by atoms with E-state index >= 15 is 0 Å². The molecule has 1 aliphatic rings. The molecule has 1 amide bonds. The number of amides is 1. The number of ether oxygens (including phenoxy) is 2. The summed E-state index contributed by atoms with van der Waals surface area (Å²) in [7, 11) is 3.96. The van der Waals surface area contributed by atoms with Crippen LogP contribution < -0.4 is 4.74 Å². The Hall–Kier alpha value is -3.19. The zero-order valence-electron chi connectivity index (χ0n) is 17.4. The first-order valence-corrected chi connectivity index (χ1v) is 9.94. The highest BCUT2D eigenvalue weighted by Gasteiger charge is 2.22. The second kappa shape index (κ2) is 10.5. The van der Waals surface area contributed by atoms with Crippen molar-refractivity contribution in [3.63, 3.8) is 0 Å². The van der Waals surface area contributed by atoms with Crippen LogP contribution in [0.25, 0.3) is 0 Å². The van der Waals surface area contributed by atoms with Crippen LogP contribution in [0.2, 0.25) is 0 Å². The number of nitrogens with zero attached hydrogens (tertiary/aromatic N) is 3. The van der Waals surface area contributed by atoms with E-state index in [9.17, 15) is 9.59 Å². The Morgan fingerprint density at radius 1 is 1.10 bits per heavy atom. The van der Waals surface area contributed by atoms with Crippen molar-refractivity contribution in [2.75, 3.05) is 40.3 Å². The molecule has 0 saturated heterocycles. The minimum absolute atomic E-state index is 0.106. The molecule has 0 spiro atoms. The van der Waals surface area contributed by atoms with Crippen LogP contribution in [0.4, 0.5) is 0 Å². The van der Waals surface area contributed by atoms with Gasteiger partial charge in [0.15, 0.2) is 6.61 Å². The molecule has 1 aliphatic heterocycles. The molecule has 0 saturated carbocycles. The molecule has 1 heterocycles. The van der Waals surface area contributed by atoms with Gasteiger partial charge in [0.25, 0.3) is 12.4 Å². The number of hydrogen-bond donors (Lipinski definition) is 0. The van der Waals surface area contributed by atoms with Crippen molar-refractivity contribution in [3.8, 4) is 5.75 Å². The summed E-state index contributed by atoms with van der Waals surface area (Å²) < 4.78 is 10.9. The van der Waals surface area contributed by atoms with Crippen LogP contribution in [-0.2, 0) is 27.3 Å². The van der Waals surface area contributed by atoms with Crippen molar-refractivity contribution in [1.29, 1.82) is 0 Å². The summed E-state index contributed by atoms with van der Waals surface area (Å²) >= 11 is 0. The minimum atomic E-state index is -0.107. The quantitative estimate of drug-likeness (QED) is 0.594. The molecule has 0 unspecified atom stereocenters. The van der Waals surface area contributed by atoms with Gasteiger partial charge in [0.05, 0.1) is 5.56 Å². The molecule has 0 aromatic heterocycles. The first-order chi connectivity index (χ1) is 14.6. The number of rotatable bonds is 9. The molecule has 2 aromatic rings. The van der Waals surface area contributed by atoms with Gasteiger partial charge in [-0.1, -0.05) is 42.5 Å². The highest BCUT2D eigenvalue weighted by atomic mass is 16.5. The largest absolute Gasteiger partial charge is 0.483 e. The van der Waals surface area contributed by atoms with Gasteiger partial charge in [-0.05, 0) is 37.7 Å². The average Bonchev–Trinajstić information content (AvgIpc) is 2.75. The van der Waals surface area contributed by atoms with Gasteiger partial charge in [0, 0.05) is 26.2 Å². The number of likely N-dealkylation sites (N-methyl/N-ethyl adjacent to an activating group) is 1. The summed E-state index contributed by atoms with van der Waals surface area (Å²) in [5, 5.41) is 0. The van der Waals surface area contributed by atoms with Crippen molar-refractivity contribution in [2.45, 2.75) is 13.0 Å². The third kappa shape index (κ3) is 5.67. The monoisotopic (exact) mass is 409 g/mol. The maximum atomic E-state index is 13.0.